The van der Waals surface area contributed by atoms with Crippen LogP contribution in [0, 0.1) is 0 Å². The molecule has 0 aliphatic rings. The molecule has 0 aliphatic carbocycles. The first-order chi connectivity index (χ1) is 16.2. The minimum Gasteiger partial charge on any atom is -0.349 e. The topological polar surface area (TPSA) is 75.2 Å². The molecule has 1 atom stereocenters. The second-order valence-electron chi connectivity index (χ2n) is 8.94. The predicted octanol–water partition coefficient (Wildman–Crippen LogP) is 5.59. The lowest BCUT2D eigenvalue weighted by molar-refractivity contribution is -0.124. The van der Waals surface area contributed by atoms with Crippen LogP contribution in [-0.2, 0) is 4.79 Å². The molecule has 2 amide bonds. The van der Waals surface area contributed by atoms with Crippen molar-refractivity contribution in [2.75, 3.05) is 4.90 Å². The molecule has 6 nitrogen and oxygen atoms in total. The lowest BCUT2D eigenvalue weighted by Crippen LogP contribution is -2.49. The minimum absolute atomic E-state index is 0.278. The highest BCUT2D eigenvalue weighted by atomic mass is 35.5. The molecule has 0 spiro atoms. The Labute approximate surface area is 203 Å². The number of nitrogens with zero attached hydrogens (tertiary/aromatic N) is 3. The van der Waals surface area contributed by atoms with Crippen molar-refractivity contribution in [2.24, 2.45) is 0 Å². The normalized spacial score (nSPS) is 12.2. The average Bonchev–Trinajstić information content (AvgIpc) is 2.81. The molecule has 0 fully saturated rings. The summed E-state index contributed by atoms with van der Waals surface area (Å²) in [5, 5.41) is 5.08. The van der Waals surface area contributed by atoms with E-state index >= 15 is 0 Å². The van der Waals surface area contributed by atoms with Crippen molar-refractivity contribution in [1.82, 2.24) is 15.3 Å². The Balaban J connectivity index is 1.96. The third kappa shape index (κ3) is 5.07. The van der Waals surface area contributed by atoms with Crippen molar-refractivity contribution in [3.63, 3.8) is 0 Å². The summed E-state index contributed by atoms with van der Waals surface area (Å²) >= 11 is 5.96. The van der Waals surface area contributed by atoms with Gasteiger partial charge in [-0.2, -0.15) is 0 Å². The van der Waals surface area contributed by atoms with Crippen LogP contribution in [0.4, 0.5) is 5.69 Å². The third-order valence-electron chi connectivity index (χ3n) is 5.19. The Morgan fingerprint density at radius 1 is 0.912 bits per heavy atom. The molecule has 4 rings (SSSR count). The van der Waals surface area contributed by atoms with Crippen LogP contribution in [0.1, 0.15) is 42.9 Å². The van der Waals surface area contributed by atoms with Gasteiger partial charge < -0.3 is 5.32 Å². The Hall–Kier alpha value is -3.77. The number of anilines is 1. The molecule has 34 heavy (non-hydrogen) atoms. The summed E-state index contributed by atoms with van der Waals surface area (Å²) in [6.45, 7) is 5.69. The molecule has 4 aromatic rings. The van der Waals surface area contributed by atoms with Gasteiger partial charge in [0.05, 0.1) is 16.9 Å². The Bertz CT molecular complexity index is 1310. The van der Waals surface area contributed by atoms with Crippen molar-refractivity contribution in [1.29, 1.82) is 0 Å². The Kier molecular flexibility index (Phi) is 6.61. The molecule has 1 N–H and O–H groups in total. The van der Waals surface area contributed by atoms with Gasteiger partial charge in [-0.05, 0) is 56.5 Å². The van der Waals surface area contributed by atoms with Gasteiger partial charge in [0.15, 0.2) is 6.04 Å². The number of fused-ring (bicyclic) bond motifs is 1. The second-order valence-corrected chi connectivity index (χ2v) is 9.33. The zero-order valence-electron chi connectivity index (χ0n) is 19.2. The van der Waals surface area contributed by atoms with Crippen LogP contribution in [0.2, 0.25) is 5.15 Å². The third-order valence-corrected chi connectivity index (χ3v) is 5.42. The van der Waals surface area contributed by atoms with E-state index in [1.54, 1.807) is 36.5 Å². The molecule has 172 valence electrons. The number of halogens is 1. The van der Waals surface area contributed by atoms with Crippen molar-refractivity contribution < 1.29 is 9.59 Å². The summed E-state index contributed by atoms with van der Waals surface area (Å²) < 4.78 is 0. The fourth-order valence-electron chi connectivity index (χ4n) is 3.79. The standard InChI is InChI=1S/C27H25ClN4O2/c1-27(2,3)31-25(33)24(21-12-6-7-16-29-21)32(26(34)19-14-15-23(28)30-17-19)22-13-8-10-18-9-4-5-11-20(18)22/h4-17,24H,1-3H3,(H,31,33)/t24-/m1/s1. The van der Waals surface area contributed by atoms with Gasteiger partial charge in [0.1, 0.15) is 5.15 Å². The van der Waals surface area contributed by atoms with E-state index in [2.05, 4.69) is 15.3 Å². The molecule has 0 radical (unpaired) electrons. The summed E-state index contributed by atoms with van der Waals surface area (Å²) in [5.74, 6) is -0.727. The summed E-state index contributed by atoms with van der Waals surface area (Å²) in [5.41, 5.74) is 0.839. The highest BCUT2D eigenvalue weighted by molar-refractivity contribution is 6.29. The average molecular weight is 473 g/mol. The molecular formula is C27H25ClN4O2. The van der Waals surface area contributed by atoms with Gasteiger partial charge in [-0.1, -0.05) is 54.1 Å². The molecule has 0 saturated heterocycles. The van der Waals surface area contributed by atoms with E-state index in [-0.39, 0.29) is 17.0 Å². The molecule has 2 aromatic heterocycles. The van der Waals surface area contributed by atoms with Crippen LogP contribution >= 0.6 is 11.6 Å². The molecule has 0 aliphatic heterocycles. The van der Waals surface area contributed by atoms with E-state index in [1.165, 1.54) is 11.1 Å². The van der Waals surface area contributed by atoms with Crippen LogP contribution in [0.15, 0.2) is 85.2 Å². The number of pyridine rings is 2. The molecule has 0 bridgehead atoms. The summed E-state index contributed by atoms with van der Waals surface area (Å²) in [7, 11) is 0. The van der Waals surface area contributed by atoms with Gasteiger partial charge in [0, 0.05) is 23.3 Å². The van der Waals surface area contributed by atoms with E-state index in [4.69, 9.17) is 11.6 Å². The lowest BCUT2D eigenvalue weighted by Gasteiger charge is -2.33. The number of hydrogen-bond donors (Lipinski definition) is 1. The molecule has 7 heteroatoms. The number of carbonyl (C=O) groups excluding carboxylic acids is 2. The summed E-state index contributed by atoms with van der Waals surface area (Å²) in [6.07, 6.45) is 3.03. The largest absolute Gasteiger partial charge is 0.349 e. The van der Waals surface area contributed by atoms with E-state index in [1.807, 2.05) is 63.2 Å². The first-order valence-electron chi connectivity index (χ1n) is 10.9. The number of hydrogen-bond acceptors (Lipinski definition) is 4. The van der Waals surface area contributed by atoms with Gasteiger partial charge in [0.25, 0.3) is 5.91 Å². The van der Waals surface area contributed by atoms with Gasteiger partial charge in [-0.25, -0.2) is 4.98 Å². The monoisotopic (exact) mass is 472 g/mol. The number of amides is 2. The van der Waals surface area contributed by atoms with E-state index in [9.17, 15) is 9.59 Å². The van der Waals surface area contributed by atoms with Crippen LogP contribution in [0.5, 0.6) is 0 Å². The molecule has 2 aromatic carbocycles. The second kappa shape index (κ2) is 9.61. The number of aromatic nitrogens is 2. The zero-order chi connectivity index (χ0) is 24.3. The Morgan fingerprint density at radius 2 is 1.65 bits per heavy atom. The first-order valence-corrected chi connectivity index (χ1v) is 11.3. The maximum atomic E-state index is 14.0. The maximum absolute atomic E-state index is 14.0. The SMILES string of the molecule is CC(C)(C)NC(=O)[C@@H](c1ccccn1)N(C(=O)c1ccc(Cl)nc1)c1cccc2ccccc12. The smallest absolute Gasteiger partial charge is 0.260 e. The van der Waals surface area contributed by atoms with Crippen molar-refractivity contribution in [3.8, 4) is 0 Å². The predicted molar refractivity (Wildman–Crippen MR) is 135 cm³/mol. The van der Waals surface area contributed by atoms with E-state index < -0.39 is 11.6 Å². The van der Waals surface area contributed by atoms with Crippen molar-refractivity contribution in [3.05, 3.63) is 102 Å². The van der Waals surface area contributed by atoms with Crippen LogP contribution in [0.3, 0.4) is 0 Å². The van der Waals surface area contributed by atoms with Crippen molar-refractivity contribution in [2.45, 2.75) is 32.4 Å². The van der Waals surface area contributed by atoms with Crippen LogP contribution in [0.25, 0.3) is 10.8 Å². The lowest BCUT2D eigenvalue weighted by atomic mass is 10.0. The molecule has 0 unspecified atom stereocenters. The zero-order valence-corrected chi connectivity index (χ0v) is 20.0. The van der Waals surface area contributed by atoms with E-state index in [0.29, 0.717) is 16.9 Å². The van der Waals surface area contributed by atoms with E-state index in [0.717, 1.165) is 10.8 Å². The number of benzene rings is 2. The first kappa shape index (κ1) is 23.4. The van der Waals surface area contributed by atoms with Crippen LogP contribution < -0.4 is 10.2 Å². The maximum Gasteiger partial charge on any atom is 0.260 e. The summed E-state index contributed by atoms with van der Waals surface area (Å²) in [4.78, 5) is 37.8. The fourth-order valence-corrected chi connectivity index (χ4v) is 3.90. The number of nitrogens with one attached hydrogen (secondary N) is 1. The number of carbonyl (C=O) groups is 2. The molecule has 0 saturated carbocycles. The quantitative estimate of drug-likeness (QED) is 0.384. The molecular weight excluding hydrogens is 448 g/mol. The highest BCUT2D eigenvalue weighted by Gasteiger charge is 2.36. The fraction of sp³-hybridized carbons (Fsp3) is 0.185. The van der Waals surface area contributed by atoms with Crippen molar-refractivity contribution >= 4 is 39.9 Å². The Morgan fingerprint density at radius 3 is 2.32 bits per heavy atom. The molecule has 2 heterocycles. The van der Waals surface area contributed by atoms with Gasteiger partial charge >= 0.3 is 0 Å². The van der Waals surface area contributed by atoms with Crippen LogP contribution in [-0.4, -0.2) is 27.3 Å². The summed E-state index contributed by atoms with van der Waals surface area (Å²) in [6, 6.07) is 20.9. The minimum atomic E-state index is -1.02. The number of rotatable bonds is 5. The highest BCUT2D eigenvalue weighted by Crippen LogP contribution is 2.34. The van der Waals surface area contributed by atoms with Gasteiger partial charge in [0.2, 0.25) is 5.91 Å². The van der Waals surface area contributed by atoms with Gasteiger partial charge in [-0.3, -0.25) is 19.5 Å². The van der Waals surface area contributed by atoms with Gasteiger partial charge in [-0.15, -0.1) is 0 Å².